The van der Waals surface area contributed by atoms with Gasteiger partial charge in [0.05, 0.1) is 5.52 Å². The van der Waals surface area contributed by atoms with E-state index in [2.05, 4.69) is 39.5 Å². The number of fused-ring (bicyclic) bond motifs is 1. The highest BCUT2D eigenvalue weighted by Gasteiger charge is 2.10. The SMILES string of the molecule is c1ccc2c(CNCCN3CCCC3)ccnc2c1. The molecule has 2 aromatic rings. The molecule has 0 saturated carbocycles. The molecule has 1 aliphatic heterocycles. The predicted molar refractivity (Wildman–Crippen MR) is 79.1 cm³/mol. The summed E-state index contributed by atoms with van der Waals surface area (Å²) in [6.07, 6.45) is 4.64. The normalized spacial score (nSPS) is 16.2. The van der Waals surface area contributed by atoms with Crippen LogP contribution in [0, 0.1) is 0 Å². The topological polar surface area (TPSA) is 28.2 Å². The van der Waals surface area contributed by atoms with Gasteiger partial charge in [0.15, 0.2) is 0 Å². The largest absolute Gasteiger partial charge is 0.311 e. The Balaban J connectivity index is 1.56. The molecule has 3 heteroatoms. The van der Waals surface area contributed by atoms with Crippen LogP contribution in [0.1, 0.15) is 18.4 Å². The first-order valence-corrected chi connectivity index (χ1v) is 7.19. The number of aromatic nitrogens is 1. The Labute approximate surface area is 114 Å². The molecule has 0 bridgehead atoms. The highest BCUT2D eigenvalue weighted by atomic mass is 15.1. The van der Waals surface area contributed by atoms with E-state index in [-0.39, 0.29) is 0 Å². The molecule has 0 radical (unpaired) electrons. The van der Waals surface area contributed by atoms with E-state index in [9.17, 15) is 0 Å². The average Bonchev–Trinajstić information content (AvgIpc) is 2.97. The molecule has 1 N–H and O–H groups in total. The Morgan fingerprint density at radius 3 is 2.84 bits per heavy atom. The molecule has 1 aromatic heterocycles. The molecule has 3 nitrogen and oxygen atoms in total. The van der Waals surface area contributed by atoms with Crippen LogP contribution in [0.3, 0.4) is 0 Å². The molecule has 1 fully saturated rings. The highest BCUT2D eigenvalue weighted by molar-refractivity contribution is 5.81. The van der Waals surface area contributed by atoms with Gasteiger partial charge in [-0.15, -0.1) is 0 Å². The molecular weight excluding hydrogens is 234 g/mol. The van der Waals surface area contributed by atoms with Gasteiger partial charge in [-0.2, -0.15) is 0 Å². The number of nitrogens with zero attached hydrogens (tertiary/aromatic N) is 2. The van der Waals surface area contributed by atoms with Crippen LogP contribution in [0.4, 0.5) is 0 Å². The number of rotatable bonds is 5. The Morgan fingerprint density at radius 2 is 1.95 bits per heavy atom. The Kier molecular flexibility index (Phi) is 4.06. The van der Waals surface area contributed by atoms with Crippen molar-refractivity contribution < 1.29 is 0 Å². The predicted octanol–water partition coefficient (Wildman–Crippen LogP) is 2.42. The Morgan fingerprint density at radius 1 is 1.11 bits per heavy atom. The van der Waals surface area contributed by atoms with Gasteiger partial charge in [-0.1, -0.05) is 18.2 Å². The van der Waals surface area contributed by atoms with Crippen LogP contribution < -0.4 is 5.32 Å². The first kappa shape index (κ1) is 12.6. The van der Waals surface area contributed by atoms with Crippen LogP contribution in [0.5, 0.6) is 0 Å². The lowest BCUT2D eigenvalue weighted by molar-refractivity contribution is 0.336. The van der Waals surface area contributed by atoms with E-state index in [0.717, 1.165) is 18.6 Å². The number of likely N-dealkylation sites (tertiary alicyclic amines) is 1. The zero-order valence-corrected chi connectivity index (χ0v) is 11.3. The summed E-state index contributed by atoms with van der Waals surface area (Å²) in [5, 5.41) is 4.81. The number of benzene rings is 1. The summed E-state index contributed by atoms with van der Waals surface area (Å²) < 4.78 is 0. The Bertz CT molecular complexity index is 527. The zero-order valence-electron chi connectivity index (χ0n) is 11.3. The maximum atomic E-state index is 4.40. The van der Waals surface area contributed by atoms with Crippen LogP contribution >= 0.6 is 0 Å². The van der Waals surface area contributed by atoms with Gasteiger partial charge >= 0.3 is 0 Å². The van der Waals surface area contributed by atoms with Crippen LogP contribution in [0.2, 0.25) is 0 Å². The van der Waals surface area contributed by atoms with Crippen molar-refractivity contribution in [3.63, 3.8) is 0 Å². The summed E-state index contributed by atoms with van der Waals surface area (Å²) in [6, 6.07) is 10.5. The molecule has 0 atom stereocenters. The molecule has 0 unspecified atom stereocenters. The van der Waals surface area contributed by atoms with Crippen molar-refractivity contribution >= 4 is 10.9 Å². The van der Waals surface area contributed by atoms with Crippen molar-refractivity contribution in [3.8, 4) is 0 Å². The minimum Gasteiger partial charge on any atom is -0.311 e. The molecule has 3 rings (SSSR count). The second-order valence-corrected chi connectivity index (χ2v) is 5.21. The van der Waals surface area contributed by atoms with Gasteiger partial charge in [0.25, 0.3) is 0 Å². The molecule has 1 aliphatic rings. The first-order valence-electron chi connectivity index (χ1n) is 7.19. The zero-order chi connectivity index (χ0) is 12.9. The van der Waals surface area contributed by atoms with E-state index in [1.165, 1.54) is 43.4 Å². The Hall–Kier alpha value is -1.45. The van der Waals surface area contributed by atoms with Crippen molar-refractivity contribution in [3.05, 3.63) is 42.1 Å². The summed E-state index contributed by atoms with van der Waals surface area (Å²) in [4.78, 5) is 6.94. The van der Waals surface area contributed by atoms with E-state index in [1.54, 1.807) is 0 Å². The van der Waals surface area contributed by atoms with Crippen molar-refractivity contribution in [1.82, 2.24) is 15.2 Å². The summed E-state index contributed by atoms with van der Waals surface area (Å²) in [7, 11) is 0. The lowest BCUT2D eigenvalue weighted by atomic mass is 10.1. The molecule has 0 spiro atoms. The number of nitrogens with one attached hydrogen (secondary N) is 1. The minimum absolute atomic E-state index is 0.927. The van der Waals surface area contributed by atoms with Crippen molar-refractivity contribution in [1.29, 1.82) is 0 Å². The third kappa shape index (κ3) is 3.11. The van der Waals surface area contributed by atoms with Gasteiger partial charge in [0.2, 0.25) is 0 Å². The van der Waals surface area contributed by atoms with Crippen LogP contribution in [-0.4, -0.2) is 36.1 Å². The third-order valence-electron chi connectivity index (χ3n) is 3.86. The molecule has 1 saturated heterocycles. The fourth-order valence-corrected chi connectivity index (χ4v) is 2.78. The minimum atomic E-state index is 0.927. The standard InChI is InChI=1S/C16H21N3/c1-2-6-16-15(5-1)14(7-8-18-16)13-17-9-12-19-10-3-4-11-19/h1-2,5-8,17H,3-4,9-13H2. The summed E-state index contributed by atoms with van der Waals surface area (Å²) in [5.41, 5.74) is 2.42. The van der Waals surface area contributed by atoms with E-state index in [1.807, 2.05) is 12.3 Å². The lowest BCUT2D eigenvalue weighted by Crippen LogP contribution is -2.29. The second-order valence-electron chi connectivity index (χ2n) is 5.21. The number of para-hydroxylation sites is 1. The molecule has 100 valence electrons. The molecule has 1 aromatic carbocycles. The van der Waals surface area contributed by atoms with Crippen LogP contribution in [0.15, 0.2) is 36.5 Å². The van der Waals surface area contributed by atoms with Crippen LogP contribution in [0.25, 0.3) is 10.9 Å². The molecular formula is C16H21N3. The van der Waals surface area contributed by atoms with Gasteiger partial charge < -0.3 is 10.2 Å². The van der Waals surface area contributed by atoms with Gasteiger partial charge in [-0.25, -0.2) is 0 Å². The maximum Gasteiger partial charge on any atom is 0.0705 e. The summed E-state index contributed by atoms with van der Waals surface area (Å²) in [5.74, 6) is 0. The monoisotopic (exact) mass is 255 g/mol. The quantitative estimate of drug-likeness (QED) is 0.832. The van der Waals surface area contributed by atoms with E-state index in [4.69, 9.17) is 0 Å². The van der Waals surface area contributed by atoms with Gasteiger partial charge in [-0.3, -0.25) is 4.98 Å². The van der Waals surface area contributed by atoms with Gasteiger partial charge in [-0.05, 0) is 43.6 Å². The third-order valence-corrected chi connectivity index (χ3v) is 3.86. The fraction of sp³-hybridized carbons (Fsp3) is 0.438. The molecule has 0 amide bonds. The fourth-order valence-electron chi connectivity index (χ4n) is 2.78. The highest BCUT2D eigenvalue weighted by Crippen LogP contribution is 2.15. The first-order chi connectivity index (χ1) is 9.43. The second kappa shape index (κ2) is 6.13. The molecule has 0 aliphatic carbocycles. The van der Waals surface area contributed by atoms with Gasteiger partial charge in [0.1, 0.15) is 0 Å². The van der Waals surface area contributed by atoms with Crippen LogP contribution in [-0.2, 0) is 6.54 Å². The van der Waals surface area contributed by atoms with Crippen molar-refractivity contribution in [2.75, 3.05) is 26.2 Å². The number of hydrogen-bond acceptors (Lipinski definition) is 3. The maximum absolute atomic E-state index is 4.40. The van der Waals surface area contributed by atoms with Crippen molar-refractivity contribution in [2.45, 2.75) is 19.4 Å². The van der Waals surface area contributed by atoms with E-state index < -0.39 is 0 Å². The van der Waals surface area contributed by atoms with E-state index in [0.29, 0.717) is 0 Å². The average molecular weight is 255 g/mol. The molecule has 2 heterocycles. The van der Waals surface area contributed by atoms with Crippen molar-refractivity contribution in [2.24, 2.45) is 0 Å². The summed E-state index contributed by atoms with van der Waals surface area (Å²) >= 11 is 0. The van der Waals surface area contributed by atoms with E-state index >= 15 is 0 Å². The number of hydrogen-bond donors (Lipinski definition) is 1. The smallest absolute Gasteiger partial charge is 0.0705 e. The number of pyridine rings is 1. The lowest BCUT2D eigenvalue weighted by Gasteiger charge is -2.15. The summed E-state index contributed by atoms with van der Waals surface area (Å²) in [6.45, 7) is 5.72. The molecule has 19 heavy (non-hydrogen) atoms. The van der Waals surface area contributed by atoms with Gasteiger partial charge in [0, 0.05) is 31.2 Å².